The van der Waals surface area contributed by atoms with Crippen molar-refractivity contribution in [1.82, 2.24) is 9.29 Å². The minimum absolute atomic E-state index is 0.104. The summed E-state index contributed by atoms with van der Waals surface area (Å²) >= 11 is 6.17. The maximum absolute atomic E-state index is 12.3. The molecule has 2 aliphatic rings. The van der Waals surface area contributed by atoms with Gasteiger partial charge in [-0.2, -0.15) is 0 Å². The summed E-state index contributed by atoms with van der Waals surface area (Å²) in [5.74, 6) is 0. The molecule has 1 saturated carbocycles. The lowest BCUT2D eigenvalue weighted by atomic mass is 10.0. The highest BCUT2D eigenvalue weighted by Gasteiger charge is 2.41. The third-order valence-corrected chi connectivity index (χ3v) is 7.12. The molecule has 0 amide bonds. The van der Waals surface area contributed by atoms with E-state index in [2.05, 4.69) is 9.88 Å². The van der Waals surface area contributed by atoms with Crippen LogP contribution < -0.4 is 4.90 Å². The van der Waals surface area contributed by atoms with Gasteiger partial charge in [-0.25, -0.2) is 12.7 Å². The van der Waals surface area contributed by atoms with Crippen molar-refractivity contribution in [2.24, 2.45) is 0 Å². The molecule has 0 spiro atoms. The van der Waals surface area contributed by atoms with Crippen LogP contribution in [0, 0.1) is 0 Å². The van der Waals surface area contributed by atoms with Gasteiger partial charge >= 0.3 is 0 Å². The molecule has 3 rings (SSSR count). The predicted molar refractivity (Wildman–Crippen MR) is 84.2 cm³/mol. The number of aromatic nitrogens is 1. The van der Waals surface area contributed by atoms with Crippen molar-refractivity contribution in [3.8, 4) is 0 Å². The molecule has 0 unspecified atom stereocenters. The fourth-order valence-electron chi connectivity index (χ4n) is 2.90. The molecular weight excluding hydrogens is 310 g/mol. The smallest absolute Gasteiger partial charge is 0.216 e. The Hall–Kier alpha value is -0.850. The van der Waals surface area contributed by atoms with Crippen molar-refractivity contribution in [1.29, 1.82) is 0 Å². The molecule has 1 saturated heterocycles. The van der Waals surface area contributed by atoms with Gasteiger partial charge in [-0.1, -0.05) is 11.6 Å². The van der Waals surface area contributed by atoms with E-state index in [0.717, 1.165) is 44.5 Å². The standard InChI is InChI=1S/C14H20ClN3O2S/c1-17(21(19,20)12-2-3-12)11-5-8-18(9-6-11)14-4-7-16-10-13(14)15/h4,7,10-12H,2-3,5-6,8-9H2,1H3. The monoisotopic (exact) mass is 329 g/mol. The molecule has 0 aromatic carbocycles. The van der Waals surface area contributed by atoms with E-state index >= 15 is 0 Å². The normalized spacial score (nSPS) is 21.0. The minimum Gasteiger partial charge on any atom is -0.370 e. The van der Waals surface area contributed by atoms with E-state index in [4.69, 9.17) is 11.6 Å². The summed E-state index contributed by atoms with van der Waals surface area (Å²) in [6.45, 7) is 1.64. The molecule has 5 nitrogen and oxygen atoms in total. The van der Waals surface area contributed by atoms with Crippen LogP contribution in [0.1, 0.15) is 25.7 Å². The Morgan fingerprint density at radius 1 is 1.29 bits per heavy atom. The second-order valence-electron chi connectivity index (χ2n) is 5.81. The van der Waals surface area contributed by atoms with E-state index in [0.29, 0.717) is 5.02 Å². The van der Waals surface area contributed by atoms with Crippen LogP contribution >= 0.6 is 11.6 Å². The molecule has 116 valence electrons. The molecule has 2 fully saturated rings. The van der Waals surface area contributed by atoms with Gasteiger partial charge in [0.25, 0.3) is 0 Å². The first kappa shape index (κ1) is 15.1. The van der Waals surface area contributed by atoms with Crippen LogP contribution in [0.3, 0.4) is 0 Å². The minimum atomic E-state index is -3.08. The summed E-state index contributed by atoms with van der Waals surface area (Å²) in [7, 11) is -1.35. The Morgan fingerprint density at radius 3 is 2.52 bits per heavy atom. The SMILES string of the molecule is CN(C1CCN(c2ccncc2Cl)CC1)S(=O)(=O)C1CC1. The fraction of sp³-hybridized carbons (Fsp3) is 0.643. The Morgan fingerprint density at radius 2 is 1.95 bits per heavy atom. The Kier molecular flexibility index (Phi) is 4.12. The molecule has 21 heavy (non-hydrogen) atoms. The van der Waals surface area contributed by atoms with Crippen molar-refractivity contribution >= 4 is 27.3 Å². The first-order valence-electron chi connectivity index (χ1n) is 7.31. The van der Waals surface area contributed by atoms with Gasteiger partial charge in [0.1, 0.15) is 0 Å². The number of halogens is 1. The maximum Gasteiger partial charge on any atom is 0.216 e. The van der Waals surface area contributed by atoms with Gasteiger partial charge in [-0.15, -0.1) is 0 Å². The fourth-order valence-corrected chi connectivity index (χ4v) is 4.97. The molecule has 7 heteroatoms. The van der Waals surface area contributed by atoms with E-state index in [1.54, 1.807) is 23.7 Å². The molecule has 1 aliphatic heterocycles. The second-order valence-corrected chi connectivity index (χ2v) is 8.49. The number of hydrogen-bond acceptors (Lipinski definition) is 4. The number of pyridine rings is 1. The van der Waals surface area contributed by atoms with Gasteiger partial charge in [-0.05, 0) is 31.7 Å². The van der Waals surface area contributed by atoms with Gasteiger partial charge in [-0.3, -0.25) is 4.98 Å². The summed E-state index contributed by atoms with van der Waals surface area (Å²) in [5, 5.41) is 0.519. The van der Waals surface area contributed by atoms with Crippen molar-refractivity contribution in [2.75, 3.05) is 25.0 Å². The van der Waals surface area contributed by atoms with Crippen LogP contribution in [0.5, 0.6) is 0 Å². The van der Waals surface area contributed by atoms with Gasteiger partial charge in [0, 0.05) is 38.6 Å². The topological polar surface area (TPSA) is 53.5 Å². The Labute approximate surface area is 131 Å². The molecule has 0 bridgehead atoms. The number of piperidine rings is 1. The van der Waals surface area contributed by atoms with Crippen molar-refractivity contribution in [2.45, 2.75) is 37.0 Å². The third-order valence-electron chi connectivity index (χ3n) is 4.42. The zero-order valence-corrected chi connectivity index (χ0v) is 13.6. The third kappa shape index (κ3) is 3.03. The lowest BCUT2D eigenvalue weighted by Crippen LogP contribution is -2.46. The van der Waals surface area contributed by atoms with Crippen LogP contribution in [-0.2, 0) is 10.0 Å². The lowest BCUT2D eigenvalue weighted by molar-refractivity contribution is 0.311. The largest absolute Gasteiger partial charge is 0.370 e. The maximum atomic E-state index is 12.3. The summed E-state index contributed by atoms with van der Waals surface area (Å²) in [4.78, 5) is 6.20. The van der Waals surface area contributed by atoms with Crippen molar-refractivity contribution < 1.29 is 8.42 Å². The Bertz CT molecular complexity index is 610. The van der Waals surface area contributed by atoms with Gasteiger partial charge in [0.05, 0.1) is 16.0 Å². The highest BCUT2D eigenvalue weighted by atomic mass is 35.5. The number of anilines is 1. The predicted octanol–water partition coefficient (Wildman–Crippen LogP) is 2.13. The summed E-state index contributed by atoms with van der Waals surface area (Å²) in [6, 6.07) is 2.01. The van der Waals surface area contributed by atoms with Crippen LogP contribution in [0.15, 0.2) is 18.5 Å². The molecule has 1 aromatic heterocycles. The van der Waals surface area contributed by atoms with Crippen LogP contribution in [0.25, 0.3) is 0 Å². The average Bonchev–Trinajstić information content (AvgIpc) is 3.32. The summed E-state index contributed by atoms with van der Waals surface area (Å²) < 4.78 is 26.2. The molecule has 2 heterocycles. The summed E-state index contributed by atoms with van der Waals surface area (Å²) in [5.41, 5.74) is 0.984. The second kappa shape index (κ2) is 5.74. The van der Waals surface area contributed by atoms with E-state index in [1.807, 2.05) is 6.07 Å². The van der Waals surface area contributed by atoms with Crippen LogP contribution in [0.4, 0.5) is 5.69 Å². The zero-order valence-electron chi connectivity index (χ0n) is 12.1. The van der Waals surface area contributed by atoms with Gasteiger partial charge in [0.15, 0.2) is 0 Å². The number of nitrogens with zero attached hydrogens (tertiary/aromatic N) is 3. The Balaban J connectivity index is 1.64. The zero-order chi connectivity index (χ0) is 15.0. The van der Waals surface area contributed by atoms with Crippen LogP contribution in [0.2, 0.25) is 5.02 Å². The van der Waals surface area contributed by atoms with Gasteiger partial charge < -0.3 is 4.90 Å². The number of hydrogen-bond donors (Lipinski definition) is 0. The van der Waals surface area contributed by atoms with E-state index in [-0.39, 0.29) is 11.3 Å². The van der Waals surface area contributed by atoms with Crippen molar-refractivity contribution in [3.63, 3.8) is 0 Å². The number of rotatable bonds is 4. The molecule has 1 aromatic rings. The molecule has 0 radical (unpaired) electrons. The summed E-state index contributed by atoms with van der Waals surface area (Å²) in [6.07, 6.45) is 6.68. The van der Waals surface area contributed by atoms with Crippen molar-refractivity contribution in [3.05, 3.63) is 23.5 Å². The first-order chi connectivity index (χ1) is 10.00. The van der Waals surface area contributed by atoms with E-state index < -0.39 is 10.0 Å². The first-order valence-corrected chi connectivity index (χ1v) is 9.19. The van der Waals surface area contributed by atoms with Gasteiger partial charge in [0.2, 0.25) is 10.0 Å². The molecule has 1 aliphatic carbocycles. The van der Waals surface area contributed by atoms with E-state index in [9.17, 15) is 8.42 Å². The highest BCUT2D eigenvalue weighted by molar-refractivity contribution is 7.90. The number of sulfonamides is 1. The highest BCUT2D eigenvalue weighted by Crippen LogP contribution is 2.34. The quantitative estimate of drug-likeness (QED) is 0.849. The average molecular weight is 330 g/mol. The molecular formula is C14H20ClN3O2S. The van der Waals surface area contributed by atoms with Crippen LogP contribution in [-0.4, -0.2) is 49.1 Å². The molecule has 0 N–H and O–H groups in total. The van der Waals surface area contributed by atoms with E-state index in [1.165, 1.54) is 0 Å². The lowest BCUT2D eigenvalue weighted by Gasteiger charge is -2.37. The molecule has 0 atom stereocenters.